The molecule has 17 heavy (non-hydrogen) atoms. The molecule has 0 saturated carbocycles. The number of nitrogens with zero attached hydrogens (tertiary/aromatic N) is 1. The molecule has 0 spiro atoms. The molecule has 5 nitrogen and oxygen atoms in total. The molecule has 2 N–H and O–H groups in total. The monoisotopic (exact) mass is 261 g/mol. The van der Waals surface area contributed by atoms with Gasteiger partial charge in [0.25, 0.3) is 0 Å². The highest BCUT2D eigenvalue weighted by atomic mass is 32.1. The highest BCUT2D eigenvalue weighted by Gasteiger charge is 2.21. The van der Waals surface area contributed by atoms with Gasteiger partial charge in [-0.15, -0.1) is 0 Å². The summed E-state index contributed by atoms with van der Waals surface area (Å²) in [7, 11) is 0. The second kappa shape index (κ2) is 5.95. The fourth-order valence-electron chi connectivity index (χ4n) is 1.37. The number of hydrogen-bond donors (Lipinski definition) is 3. The molecule has 0 aliphatic heterocycles. The molecule has 1 rings (SSSR count). The van der Waals surface area contributed by atoms with Gasteiger partial charge in [-0.1, -0.05) is 0 Å². The summed E-state index contributed by atoms with van der Waals surface area (Å²) in [6, 6.07) is 3.03. The van der Waals surface area contributed by atoms with Crippen LogP contribution in [0.1, 0.15) is 18.1 Å². The minimum absolute atomic E-state index is 0.0994. The molecule has 7 heteroatoms. The van der Waals surface area contributed by atoms with Crippen LogP contribution in [-0.4, -0.2) is 27.0 Å². The Hall–Kier alpha value is -1.18. The Labute approximate surface area is 102 Å². The van der Waals surface area contributed by atoms with Crippen molar-refractivity contribution in [3.05, 3.63) is 39.7 Å². The smallest absolute Gasteiger partial charge is 0.304 e. The van der Waals surface area contributed by atoms with E-state index in [-0.39, 0.29) is 12.0 Å². The Kier molecular flexibility index (Phi) is 4.86. The molecule has 94 valence electrons. The average Bonchev–Trinajstić information content (AvgIpc) is 2.27. The van der Waals surface area contributed by atoms with Crippen LogP contribution in [0.2, 0.25) is 0 Å². The minimum atomic E-state index is -1.28. The van der Waals surface area contributed by atoms with Crippen LogP contribution in [0.4, 0.5) is 10.1 Å². The van der Waals surface area contributed by atoms with E-state index in [1.165, 1.54) is 6.07 Å². The molecule has 0 amide bonds. The zero-order valence-corrected chi connectivity index (χ0v) is 9.68. The topological polar surface area (TPSA) is 83.6 Å². The van der Waals surface area contributed by atoms with E-state index in [4.69, 9.17) is 0 Å². The Morgan fingerprint density at radius 1 is 1.47 bits per heavy atom. The van der Waals surface area contributed by atoms with E-state index >= 15 is 0 Å². The predicted molar refractivity (Wildman–Crippen MR) is 62.5 cm³/mol. The maximum Gasteiger partial charge on any atom is 0.304 e. The number of nitro groups is 1. The fourth-order valence-corrected chi connectivity index (χ4v) is 1.63. The molecule has 2 atom stereocenters. The molecule has 1 aromatic rings. The molecule has 0 heterocycles. The summed E-state index contributed by atoms with van der Waals surface area (Å²) in [6.45, 7) is 0. The van der Waals surface area contributed by atoms with Crippen molar-refractivity contribution in [3.63, 3.8) is 0 Å². The third-order valence-electron chi connectivity index (χ3n) is 2.30. The lowest BCUT2D eigenvalue weighted by Crippen LogP contribution is -2.18. The van der Waals surface area contributed by atoms with E-state index in [1.807, 2.05) is 0 Å². The summed E-state index contributed by atoms with van der Waals surface area (Å²) >= 11 is 3.90. The number of nitro benzene ring substituents is 1. The van der Waals surface area contributed by atoms with Crippen LogP contribution < -0.4 is 0 Å². The van der Waals surface area contributed by atoms with Gasteiger partial charge in [0.05, 0.1) is 11.0 Å². The first-order valence-corrected chi connectivity index (χ1v) is 5.51. The lowest BCUT2D eigenvalue weighted by atomic mass is 10.0. The van der Waals surface area contributed by atoms with Crippen molar-refractivity contribution in [2.24, 2.45) is 0 Å². The van der Waals surface area contributed by atoms with Gasteiger partial charge in [0.1, 0.15) is 6.10 Å². The van der Waals surface area contributed by atoms with E-state index in [9.17, 15) is 24.7 Å². The van der Waals surface area contributed by atoms with E-state index in [0.29, 0.717) is 5.75 Å². The third kappa shape index (κ3) is 3.39. The van der Waals surface area contributed by atoms with Crippen LogP contribution in [0.25, 0.3) is 0 Å². The number of aliphatic hydroxyl groups is 2. The second-order valence-corrected chi connectivity index (χ2v) is 3.94. The molecule has 0 aromatic heterocycles. The Bertz CT molecular complexity index is 415. The average molecular weight is 261 g/mol. The normalized spacial score (nSPS) is 14.4. The summed E-state index contributed by atoms with van der Waals surface area (Å²) in [5.74, 6) is -0.669. The number of aliphatic hydroxyl groups excluding tert-OH is 2. The number of hydrogen-bond acceptors (Lipinski definition) is 5. The van der Waals surface area contributed by atoms with Gasteiger partial charge in [-0.3, -0.25) is 10.1 Å². The third-order valence-corrected chi connectivity index (χ3v) is 2.56. The summed E-state index contributed by atoms with van der Waals surface area (Å²) in [5.41, 5.74) is -0.563. The SMILES string of the molecule is O=[N+]([O-])c1ccc(C(O)C(O)CCS)cc1F. The Morgan fingerprint density at radius 3 is 2.59 bits per heavy atom. The molecule has 0 aliphatic carbocycles. The predicted octanol–water partition coefficient (Wildman–Crippen LogP) is 1.45. The van der Waals surface area contributed by atoms with E-state index in [1.54, 1.807) is 0 Å². The van der Waals surface area contributed by atoms with Crippen molar-refractivity contribution in [1.82, 2.24) is 0 Å². The van der Waals surface area contributed by atoms with Gasteiger partial charge in [0, 0.05) is 6.07 Å². The second-order valence-electron chi connectivity index (χ2n) is 3.49. The van der Waals surface area contributed by atoms with Crippen molar-refractivity contribution in [3.8, 4) is 0 Å². The van der Waals surface area contributed by atoms with Crippen molar-refractivity contribution < 1.29 is 19.5 Å². The van der Waals surface area contributed by atoms with Crippen LogP contribution in [0.5, 0.6) is 0 Å². The van der Waals surface area contributed by atoms with Gasteiger partial charge in [-0.25, -0.2) is 0 Å². The summed E-state index contributed by atoms with van der Waals surface area (Å²) in [4.78, 5) is 9.53. The molecule has 0 fully saturated rings. The number of rotatable bonds is 5. The summed E-state index contributed by atoms with van der Waals surface area (Å²) in [6.07, 6.45) is -2.12. The first-order valence-electron chi connectivity index (χ1n) is 4.88. The summed E-state index contributed by atoms with van der Waals surface area (Å²) < 4.78 is 13.3. The van der Waals surface area contributed by atoms with Crippen molar-refractivity contribution in [1.29, 1.82) is 0 Å². The Morgan fingerprint density at radius 2 is 2.12 bits per heavy atom. The van der Waals surface area contributed by atoms with Crippen LogP contribution in [0, 0.1) is 15.9 Å². The maximum atomic E-state index is 13.3. The van der Waals surface area contributed by atoms with Crippen LogP contribution in [0.3, 0.4) is 0 Å². The maximum absolute atomic E-state index is 13.3. The van der Waals surface area contributed by atoms with Crippen LogP contribution in [-0.2, 0) is 0 Å². The first kappa shape index (κ1) is 13.9. The fraction of sp³-hybridized carbons (Fsp3) is 0.400. The molecule has 0 saturated heterocycles. The largest absolute Gasteiger partial charge is 0.390 e. The first-order chi connectivity index (χ1) is 7.97. The number of thiol groups is 1. The number of halogens is 1. The highest BCUT2D eigenvalue weighted by Crippen LogP contribution is 2.24. The molecular formula is C10H12FNO4S. The van der Waals surface area contributed by atoms with E-state index < -0.39 is 28.6 Å². The van der Waals surface area contributed by atoms with Crippen molar-refractivity contribution >= 4 is 18.3 Å². The minimum Gasteiger partial charge on any atom is -0.390 e. The van der Waals surface area contributed by atoms with Crippen molar-refractivity contribution in [2.45, 2.75) is 18.6 Å². The van der Waals surface area contributed by atoms with Crippen LogP contribution in [0.15, 0.2) is 18.2 Å². The quantitative estimate of drug-likeness (QED) is 0.425. The molecular weight excluding hydrogens is 249 g/mol. The Balaban J connectivity index is 2.93. The lowest BCUT2D eigenvalue weighted by molar-refractivity contribution is -0.387. The summed E-state index contributed by atoms with van der Waals surface area (Å²) in [5, 5.41) is 29.5. The van der Waals surface area contributed by atoms with E-state index in [0.717, 1.165) is 12.1 Å². The van der Waals surface area contributed by atoms with E-state index in [2.05, 4.69) is 12.6 Å². The van der Waals surface area contributed by atoms with Crippen LogP contribution >= 0.6 is 12.6 Å². The van der Waals surface area contributed by atoms with Crippen molar-refractivity contribution in [2.75, 3.05) is 5.75 Å². The molecule has 0 bridgehead atoms. The zero-order chi connectivity index (χ0) is 13.0. The standard InChI is InChI=1S/C10H12FNO4S/c11-7-5-6(1-2-8(7)12(15)16)10(14)9(13)3-4-17/h1-2,5,9-10,13-14,17H,3-4H2. The molecule has 0 radical (unpaired) electrons. The molecule has 1 aromatic carbocycles. The number of benzene rings is 1. The molecule has 0 aliphatic rings. The van der Waals surface area contributed by atoms with Gasteiger partial charge in [0.15, 0.2) is 0 Å². The van der Waals surface area contributed by atoms with Gasteiger partial charge in [-0.05, 0) is 29.9 Å². The lowest BCUT2D eigenvalue weighted by Gasteiger charge is -2.17. The highest BCUT2D eigenvalue weighted by molar-refractivity contribution is 7.80. The van der Waals surface area contributed by atoms with Gasteiger partial charge in [-0.2, -0.15) is 17.0 Å². The van der Waals surface area contributed by atoms with Gasteiger partial charge < -0.3 is 10.2 Å². The van der Waals surface area contributed by atoms with Gasteiger partial charge >= 0.3 is 5.69 Å². The molecule has 2 unspecified atom stereocenters. The zero-order valence-electron chi connectivity index (χ0n) is 8.78. The van der Waals surface area contributed by atoms with Gasteiger partial charge in [0.2, 0.25) is 5.82 Å².